The van der Waals surface area contributed by atoms with Gasteiger partial charge in [0, 0.05) is 25.9 Å². The van der Waals surface area contributed by atoms with Crippen LogP contribution in [-0.2, 0) is 14.4 Å². The highest BCUT2D eigenvalue weighted by atomic mass is 16.2. The summed E-state index contributed by atoms with van der Waals surface area (Å²) in [4.78, 5) is 37.0. The van der Waals surface area contributed by atoms with E-state index in [1.165, 1.54) is 6.92 Å². The van der Waals surface area contributed by atoms with Gasteiger partial charge in [0.25, 0.3) is 0 Å². The zero-order valence-electron chi connectivity index (χ0n) is 14.2. The van der Waals surface area contributed by atoms with Crippen LogP contribution in [0.15, 0.2) is 24.3 Å². The third-order valence-corrected chi connectivity index (χ3v) is 4.49. The molecule has 0 spiro atoms. The number of carbonyl (C=O) groups excluding carboxylic acids is 3. The smallest absolute Gasteiger partial charge is 0.224 e. The van der Waals surface area contributed by atoms with Gasteiger partial charge < -0.3 is 16.0 Å². The minimum Gasteiger partial charge on any atom is -0.369 e. The van der Waals surface area contributed by atoms with Crippen LogP contribution in [-0.4, -0.2) is 35.7 Å². The Morgan fingerprint density at radius 1 is 1.21 bits per heavy atom. The molecule has 1 aromatic rings. The van der Waals surface area contributed by atoms with Gasteiger partial charge in [-0.2, -0.15) is 0 Å². The highest BCUT2D eigenvalue weighted by Crippen LogP contribution is 2.22. The summed E-state index contributed by atoms with van der Waals surface area (Å²) in [5.74, 6) is -0.617. The second-order valence-corrected chi connectivity index (χ2v) is 6.43. The van der Waals surface area contributed by atoms with Crippen molar-refractivity contribution in [3.63, 3.8) is 0 Å². The average Bonchev–Trinajstić information content (AvgIpc) is 2.54. The normalized spacial score (nSPS) is 16.5. The third-order valence-electron chi connectivity index (χ3n) is 4.49. The van der Waals surface area contributed by atoms with Gasteiger partial charge in [-0.3, -0.25) is 14.4 Å². The number of aryl methyl sites for hydroxylation is 1. The average molecular weight is 331 g/mol. The summed E-state index contributed by atoms with van der Waals surface area (Å²) in [6.07, 6.45) is 1.43. The molecule has 6 nitrogen and oxygen atoms in total. The van der Waals surface area contributed by atoms with Crippen LogP contribution in [0.25, 0.3) is 0 Å². The fraction of sp³-hybridized carbons (Fsp3) is 0.500. The Balaban J connectivity index is 2.01. The van der Waals surface area contributed by atoms with Crippen molar-refractivity contribution in [3.8, 4) is 0 Å². The van der Waals surface area contributed by atoms with Gasteiger partial charge in [0.2, 0.25) is 17.7 Å². The maximum atomic E-state index is 12.6. The number of nitrogens with one attached hydrogen (secondary N) is 1. The predicted octanol–water partition coefficient (Wildman–Crippen LogP) is 1.29. The molecule has 0 bridgehead atoms. The van der Waals surface area contributed by atoms with Crippen LogP contribution in [0, 0.1) is 12.8 Å². The lowest BCUT2D eigenvalue weighted by atomic mass is 9.95. The van der Waals surface area contributed by atoms with E-state index in [0.717, 1.165) is 11.1 Å². The fourth-order valence-electron chi connectivity index (χ4n) is 3.01. The Morgan fingerprint density at radius 2 is 1.79 bits per heavy atom. The first kappa shape index (κ1) is 18.0. The molecule has 3 amide bonds. The molecule has 1 aromatic carbocycles. The van der Waals surface area contributed by atoms with Crippen molar-refractivity contribution in [2.45, 2.75) is 39.2 Å². The zero-order chi connectivity index (χ0) is 17.7. The molecule has 130 valence electrons. The molecular formula is C18H25N3O3. The van der Waals surface area contributed by atoms with E-state index in [0.29, 0.717) is 25.9 Å². The second-order valence-electron chi connectivity index (χ2n) is 6.43. The van der Waals surface area contributed by atoms with E-state index in [2.05, 4.69) is 5.32 Å². The van der Waals surface area contributed by atoms with Gasteiger partial charge in [-0.1, -0.05) is 29.8 Å². The van der Waals surface area contributed by atoms with Crippen LogP contribution in [0.3, 0.4) is 0 Å². The minimum absolute atomic E-state index is 0.0164. The Morgan fingerprint density at radius 3 is 2.29 bits per heavy atom. The van der Waals surface area contributed by atoms with Gasteiger partial charge in [-0.25, -0.2) is 0 Å². The van der Waals surface area contributed by atoms with E-state index < -0.39 is 0 Å². The number of nitrogens with two attached hydrogens (primary N) is 1. The molecule has 2 rings (SSSR count). The summed E-state index contributed by atoms with van der Waals surface area (Å²) in [5, 5.41) is 2.85. The number of hydrogen-bond donors (Lipinski definition) is 2. The Labute approximate surface area is 142 Å². The largest absolute Gasteiger partial charge is 0.369 e. The molecule has 0 saturated carbocycles. The molecule has 1 unspecified atom stereocenters. The van der Waals surface area contributed by atoms with Crippen molar-refractivity contribution in [3.05, 3.63) is 35.4 Å². The van der Waals surface area contributed by atoms with Gasteiger partial charge in [0.05, 0.1) is 12.5 Å². The van der Waals surface area contributed by atoms with Crippen molar-refractivity contribution in [2.24, 2.45) is 11.7 Å². The lowest BCUT2D eigenvalue weighted by Gasteiger charge is -2.32. The summed E-state index contributed by atoms with van der Waals surface area (Å²) in [6.45, 7) is 4.51. The standard InChI is InChI=1S/C18H25N3O3/c1-12-3-5-14(6-4-12)16(20-13(2)22)11-17(23)21-9-7-15(8-10-21)18(19)24/h3-6,15-16H,7-11H2,1-2H3,(H2,19,24)(H,20,22). The molecule has 1 aliphatic rings. The summed E-state index contributed by atoms with van der Waals surface area (Å²) < 4.78 is 0. The minimum atomic E-state index is -0.343. The molecule has 3 N–H and O–H groups in total. The van der Waals surface area contributed by atoms with Crippen LogP contribution < -0.4 is 11.1 Å². The van der Waals surface area contributed by atoms with Gasteiger partial charge in [0.15, 0.2) is 0 Å². The zero-order valence-corrected chi connectivity index (χ0v) is 14.2. The van der Waals surface area contributed by atoms with Gasteiger partial charge >= 0.3 is 0 Å². The van der Waals surface area contributed by atoms with Gasteiger partial charge in [0.1, 0.15) is 0 Å². The Bertz CT molecular complexity index is 604. The first-order valence-corrected chi connectivity index (χ1v) is 8.27. The first-order valence-electron chi connectivity index (χ1n) is 8.27. The van der Waals surface area contributed by atoms with Crippen molar-refractivity contribution in [1.29, 1.82) is 0 Å². The van der Waals surface area contributed by atoms with E-state index >= 15 is 0 Å². The van der Waals surface area contributed by atoms with Crippen molar-refractivity contribution >= 4 is 17.7 Å². The summed E-state index contributed by atoms with van der Waals surface area (Å²) in [5.41, 5.74) is 7.36. The molecule has 1 saturated heterocycles. The first-order chi connectivity index (χ1) is 11.4. The van der Waals surface area contributed by atoms with Crippen molar-refractivity contribution < 1.29 is 14.4 Å². The molecule has 0 aromatic heterocycles. The number of benzene rings is 1. The number of carbonyl (C=O) groups is 3. The lowest BCUT2D eigenvalue weighted by molar-refractivity contribution is -0.135. The Kier molecular flexibility index (Phi) is 5.95. The highest BCUT2D eigenvalue weighted by molar-refractivity contribution is 5.80. The number of likely N-dealkylation sites (tertiary alicyclic amines) is 1. The Hall–Kier alpha value is -2.37. The van der Waals surface area contributed by atoms with Crippen LogP contribution in [0.1, 0.15) is 43.4 Å². The molecule has 0 aliphatic carbocycles. The van der Waals surface area contributed by atoms with Crippen LogP contribution in [0.2, 0.25) is 0 Å². The molecular weight excluding hydrogens is 306 g/mol. The number of amides is 3. The third kappa shape index (κ3) is 4.81. The van der Waals surface area contributed by atoms with Gasteiger partial charge in [-0.15, -0.1) is 0 Å². The lowest BCUT2D eigenvalue weighted by Crippen LogP contribution is -2.43. The summed E-state index contributed by atoms with van der Waals surface area (Å²) >= 11 is 0. The van der Waals surface area contributed by atoms with E-state index in [4.69, 9.17) is 5.73 Å². The molecule has 1 atom stereocenters. The fourth-order valence-corrected chi connectivity index (χ4v) is 3.01. The number of piperidine rings is 1. The second kappa shape index (κ2) is 7.95. The van der Waals surface area contributed by atoms with E-state index in [9.17, 15) is 14.4 Å². The number of nitrogens with zero attached hydrogens (tertiary/aromatic N) is 1. The highest BCUT2D eigenvalue weighted by Gasteiger charge is 2.27. The number of primary amides is 1. The van der Waals surface area contributed by atoms with Crippen LogP contribution in [0.5, 0.6) is 0 Å². The van der Waals surface area contributed by atoms with E-state index in [1.54, 1.807) is 4.90 Å². The molecule has 24 heavy (non-hydrogen) atoms. The molecule has 6 heteroatoms. The van der Waals surface area contributed by atoms with Crippen LogP contribution >= 0.6 is 0 Å². The predicted molar refractivity (Wildman–Crippen MR) is 90.9 cm³/mol. The number of hydrogen-bond acceptors (Lipinski definition) is 3. The molecule has 1 heterocycles. The van der Waals surface area contributed by atoms with E-state index in [1.807, 2.05) is 31.2 Å². The quantitative estimate of drug-likeness (QED) is 0.851. The van der Waals surface area contributed by atoms with Crippen molar-refractivity contribution in [1.82, 2.24) is 10.2 Å². The van der Waals surface area contributed by atoms with Gasteiger partial charge in [-0.05, 0) is 25.3 Å². The van der Waals surface area contributed by atoms with Crippen molar-refractivity contribution in [2.75, 3.05) is 13.1 Å². The van der Waals surface area contributed by atoms with E-state index in [-0.39, 0.29) is 36.1 Å². The summed E-state index contributed by atoms with van der Waals surface area (Å²) in [6, 6.07) is 7.45. The molecule has 0 radical (unpaired) electrons. The summed E-state index contributed by atoms with van der Waals surface area (Å²) in [7, 11) is 0. The SMILES string of the molecule is CC(=O)NC(CC(=O)N1CCC(C(N)=O)CC1)c1ccc(C)cc1. The maximum Gasteiger partial charge on any atom is 0.224 e. The maximum absolute atomic E-state index is 12.6. The topological polar surface area (TPSA) is 92.5 Å². The molecule has 1 aliphatic heterocycles. The molecule has 1 fully saturated rings. The monoisotopic (exact) mass is 331 g/mol. The van der Waals surface area contributed by atoms with Crippen LogP contribution in [0.4, 0.5) is 0 Å². The number of rotatable bonds is 5.